The lowest BCUT2D eigenvalue weighted by Gasteiger charge is -2.05. The number of carbonyl (C=O) groups is 2. The second-order valence-electron chi connectivity index (χ2n) is 4.23. The van der Waals surface area contributed by atoms with Crippen LogP contribution < -0.4 is 5.32 Å². The Balaban J connectivity index is 1.97. The van der Waals surface area contributed by atoms with Crippen LogP contribution in [0.1, 0.15) is 26.4 Å². The predicted molar refractivity (Wildman–Crippen MR) is 78.2 cm³/mol. The van der Waals surface area contributed by atoms with Gasteiger partial charge in [0.2, 0.25) is 0 Å². The molecule has 1 N–H and O–H groups in total. The third kappa shape index (κ3) is 4.03. The van der Waals surface area contributed by atoms with Gasteiger partial charge in [-0.15, -0.1) is 0 Å². The lowest BCUT2D eigenvalue weighted by molar-refractivity contribution is 0.0599. The average Bonchev–Trinajstić information content (AvgIpc) is 2.53. The molecule has 2 rings (SSSR count). The molecule has 0 aliphatic rings. The van der Waals surface area contributed by atoms with Crippen molar-refractivity contribution in [3.63, 3.8) is 0 Å². The fourth-order valence-corrected chi connectivity index (χ4v) is 1.77. The van der Waals surface area contributed by atoms with E-state index in [1.54, 1.807) is 12.1 Å². The van der Waals surface area contributed by atoms with Crippen molar-refractivity contribution in [1.82, 2.24) is 10.3 Å². The third-order valence-corrected chi connectivity index (χ3v) is 3.04. The van der Waals surface area contributed by atoms with Crippen molar-refractivity contribution in [2.45, 2.75) is 6.54 Å². The largest absolute Gasteiger partial charge is 0.465 e. The molecule has 0 aliphatic heterocycles. The van der Waals surface area contributed by atoms with E-state index in [9.17, 15) is 9.59 Å². The minimum atomic E-state index is -0.490. The Kier molecular flexibility index (Phi) is 4.90. The van der Waals surface area contributed by atoms with Gasteiger partial charge in [0.1, 0.15) is 5.69 Å². The summed E-state index contributed by atoms with van der Waals surface area (Å²) in [7, 11) is 1.29. The van der Waals surface area contributed by atoms with Crippen molar-refractivity contribution >= 4 is 23.5 Å². The molecule has 0 atom stereocenters. The second-order valence-corrected chi connectivity index (χ2v) is 4.67. The van der Waals surface area contributed by atoms with E-state index in [1.165, 1.54) is 25.4 Å². The summed E-state index contributed by atoms with van der Waals surface area (Å²) in [4.78, 5) is 27.1. The number of carbonyl (C=O) groups excluding carboxylic acids is 2. The smallest absolute Gasteiger partial charge is 0.339 e. The molecule has 0 saturated carbocycles. The summed E-state index contributed by atoms with van der Waals surface area (Å²) >= 11 is 5.79. The fourth-order valence-electron chi connectivity index (χ4n) is 1.64. The molecular weight excluding hydrogens is 292 g/mol. The third-order valence-electron chi connectivity index (χ3n) is 2.78. The van der Waals surface area contributed by atoms with Crippen molar-refractivity contribution in [1.29, 1.82) is 0 Å². The number of esters is 1. The van der Waals surface area contributed by atoms with Crippen molar-refractivity contribution < 1.29 is 14.3 Å². The van der Waals surface area contributed by atoms with Crippen molar-refractivity contribution in [2.75, 3.05) is 7.11 Å². The van der Waals surface area contributed by atoms with Gasteiger partial charge in [-0.3, -0.25) is 9.78 Å². The van der Waals surface area contributed by atoms with E-state index in [4.69, 9.17) is 11.6 Å². The van der Waals surface area contributed by atoms with Crippen LogP contribution in [0.4, 0.5) is 0 Å². The molecule has 1 aromatic carbocycles. The van der Waals surface area contributed by atoms with Crippen LogP contribution in [0.15, 0.2) is 42.6 Å². The number of pyridine rings is 1. The molecule has 0 unspecified atom stereocenters. The van der Waals surface area contributed by atoms with Gasteiger partial charge in [0.25, 0.3) is 5.91 Å². The van der Waals surface area contributed by atoms with Crippen LogP contribution in [-0.4, -0.2) is 24.0 Å². The van der Waals surface area contributed by atoms with Gasteiger partial charge in [0.05, 0.1) is 12.7 Å². The van der Waals surface area contributed by atoms with Crippen LogP contribution in [0.25, 0.3) is 0 Å². The second kappa shape index (κ2) is 6.85. The number of aromatic nitrogens is 1. The summed E-state index contributed by atoms with van der Waals surface area (Å²) in [6.07, 6.45) is 1.31. The molecule has 0 radical (unpaired) electrons. The van der Waals surface area contributed by atoms with Crippen LogP contribution in [0.5, 0.6) is 0 Å². The van der Waals surface area contributed by atoms with Gasteiger partial charge in [0.15, 0.2) is 0 Å². The summed E-state index contributed by atoms with van der Waals surface area (Å²) in [5, 5.41) is 3.38. The highest BCUT2D eigenvalue weighted by Gasteiger charge is 2.10. The average molecular weight is 305 g/mol. The molecule has 1 amide bonds. The van der Waals surface area contributed by atoms with Crippen molar-refractivity contribution in [2.24, 2.45) is 0 Å². The highest BCUT2D eigenvalue weighted by molar-refractivity contribution is 6.30. The monoisotopic (exact) mass is 304 g/mol. The quantitative estimate of drug-likeness (QED) is 0.881. The lowest BCUT2D eigenvalue weighted by Crippen LogP contribution is -2.23. The molecule has 1 heterocycles. The molecule has 0 fully saturated rings. The standard InChI is InChI=1S/C15H13ClN2O3/c1-21-15(20)11-4-7-13(17-9-11)14(19)18-8-10-2-5-12(16)6-3-10/h2-7,9H,8H2,1H3,(H,18,19). The van der Waals surface area contributed by atoms with Crippen LogP contribution in [-0.2, 0) is 11.3 Å². The molecule has 6 heteroatoms. The molecule has 0 bridgehead atoms. The van der Waals surface area contributed by atoms with Crippen molar-refractivity contribution in [3.8, 4) is 0 Å². The number of rotatable bonds is 4. The predicted octanol–water partition coefficient (Wildman–Crippen LogP) is 2.45. The first-order chi connectivity index (χ1) is 10.1. The zero-order valence-corrected chi connectivity index (χ0v) is 12.1. The molecule has 0 aliphatic carbocycles. The molecule has 2 aromatic rings. The van der Waals surface area contributed by atoms with E-state index in [2.05, 4.69) is 15.0 Å². The maximum Gasteiger partial charge on any atom is 0.339 e. The van der Waals surface area contributed by atoms with Gasteiger partial charge in [-0.2, -0.15) is 0 Å². The summed E-state index contributed by atoms with van der Waals surface area (Å²) in [6, 6.07) is 10.1. The highest BCUT2D eigenvalue weighted by atomic mass is 35.5. The number of nitrogens with zero attached hydrogens (tertiary/aromatic N) is 1. The van der Waals surface area contributed by atoms with Gasteiger partial charge in [-0.05, 0) is 29.8 Å². The maximum absolute atomic E-state index is 11.9. The van der Waals surface area contributed by atoms with E-state index in [0.29, 0.717) is 17.1 Å². The Morgan fingerprint density at radius 3 is 2.48 bits per heavy atom. The number of benzene rings is 1. The first kappa shape index (κ1) is 15.0. The topological polar surface area (TPSA) is 68.3 Å². The number of amides is 1. The van der Waals surface area contributed by atoms with Crippen LogP contribution in [0, 0.1) is 0 Å². The molecule has 5 nitrogen and oxygen atoms in total. The summed E-state index contributed by atoms with van der Waals surface area (Å²) in [5.74, 6) is -0.808. The van der Waals surface area contributed by atoms with Crippen molar-refractivity contribution in [3.05, 3.63) is 64.4 Å². The van der Waals surface area contributed by atoms with E-state index in [0.717, 1.165) is 5.56 Å². The number of halogens is 1. The minimum Gasteiger partial charge on any atom is -0.465 e. The minimum absolute atomic E-state index is 0.233. The maximum atomic E-state index is 11.9. The number of nitrogens with one attached hydrogen (secondary N) is 1. The van der Waals surface area contributed by atoms with Crippen LogP contribution in [0.2, 0.25) is 5.02 Å². The van der Waals surface area contributed by atoms with Gasteiger partial charge in [-0.25, -0.2) is 4.79 Å². The highest BCUT2D eigenvalue weighted by Crippen LogP contribution is 2.09. The number of ether oxygens (including phenoxy) is 1. The first-order valence-corrected chi connectivity index (χ1v) is 6.55. The normalized spacial score (nSPS) is 10.0. The molecule has 0 spiro atoms. The SMILES string of the molecule is COC(=O)c1ccc(C(=O)NCc2ccc(Cl)cc2)nc1. The Labute approximate surface area is 126 Å². The van der Waals surface area contributed by atoms with Gasteiger partial charge in [0, 0.05) is 17.8 Å². The van der Waals surface area contributed by atoms with Gasteiger partial charge >= 0.3 is 5.97 Å². The number of methoxy groups -OCH3 is 1. The molecule has 21 heavy (non-hydrogen) atoms. The Morgan fingerprint density at radius 1 is 1.19 bits per heavy atom. The van der Waals surface area contributed by atoms with Gasteiger partial charge < -0.3 is 10.1 Å². The Hall–Kier alpha value is -2.40. The van der Waals surface area contributed by atoms with E-state index < -0.39 is 5.97 Å². The first-order valence-electron chi connectivity index (χ1n) is 6.17. The molecular formula is C15H13ClN2O3. The summed E-state index contributed by atoms with van der Waals surface area (Å²) in [6.45, 7) is 0.371. The zero-order chi connectivity index (χ0) is 15.2. The fraction of sp³-hybridized carbons (Fsp3) is 0.133. The molecule has 0 saturated heterocycles. The van der Waals surface area contributed by atoms with Crippen LogP contribution in [0.3, 0.4) is 0 Å². The van der Waals surface area contributed by atoms with Gasteiger partial charge in [-0.1, -0.05) is 23.7 Å². The lowest BCUT2D eigenvalue weighted by atomic mass is 10.2. The molecule has 1 aromatic heterocycles. The van der Waals surface area contributed by atoms with E-state index in [-0.39, 0.29) is 11.6 Å². The zero-order valence-electron chi connectivity index (χ0n) is 11.3. The summed E-state index contributed by atoms with van der Waals surface area (Å²) < 4.78 is 4.56. The number of hydrogen-bond acceptors (Lipinski definition) is 4. The van der Waals surface area contributed by atoms with E-state index in [1.807, 2.05) is 12.1 Å². The van der Waals surface area contributed by atoms with Crippen LogP contribution >= 0.6 is 11.6 Å². The van der Waals surface area contributed by atoms with E-state index >= 15 is 0 Å². The summed E-state index contributed by atoms with van der Waals surface area (Å²) in [5.41, 5.74) is 1.46. The Bertz CT molecular complexity index is 639. The Morgan fingerprint density at radius 2 is 1.90 bits per heavy atom. The molecule has 108 valence electrons. The number of hydrogen-bond donors (Lipinski definition) is 1.